The Labute approximate surface area is 165 Å². The number of nitrogens with one attached hydrogen (secondary N) is 2. The summed E-state index contributed by atoms with van der Waals surface area (Å²) in [5.74, 6) is -0.988. The van der Waals surface area contributed by atoms with Crippen LogP contribution in [0.4, 0.5) is 5.69 Å². The molecule has 0 spiro atoms. The third-order valence-corrected chi connectivity index (χ3v) is 4.35. The van der Waals surface area contributed by atoms with Gasteiger partial charge in [0, 0.05) is 6.04 Å². The SMILES string of the molecule is CC(C)C(C)NC(=O)COC(=O)c1ccccc1NC(=O)Cc1ccccc1. The summed E-state index contributed by atoms with van der Waals surface area (Å²) in [6, 6.07) is 15.9. The van der Waals surface area contributed by atoms with E-state index in [1.165, 1.54) is 0 Å². The molecule has 0 heterocycles. The first-order valence-electron chi connectivity index (χ1n) is 9.26. The average Bonchev–Trinajstić information content (AvgIpc) is 2.67. The molecule has 2 amide bonds. The highest BCUT2D eigenvalue weighted by Gasteiger charge is 2.17. The summed E-state index contributed by atoms with van der Waals surface area (Å²) < 4.78 is 5.11. The zero-order chi connectivity index (χ0) is 20.5. The van der Waals surface area contributed by atoms with Gasteiger partial charge in [-0.2, -0.15) is 0 Å². The number of carbonyl (C=O) groups excluding carboxylic acids is 3. The Morgan fingerprint density at radius 3 is 2.21 bits per heavy atom. The van der Waals surface area contributed by atoms with Crippen molar-refractivity contribution in [2.24, 2.45) is 5.92 Å². The van der Waals surface area contributed by atoms with E-state index in [0.29, 0.717) is 5.69 Å². The molecular weight excluding hydrogens is 356 g/mol. The lowest BCUT2D eigenvalue weighted by atomic mass is 10.1. The summed E-state index contributed by atoms with van der Waals surface area (Å²) in [5.41, 5.74) is 1.43. The van der Waals surface area contributed by atoms with Crippen molar-refractivity contribution in [3.8, 4) is 0 Å². The maximum atomic E-state index is 12.4. The van der Waals surface area contributed by atoms with Gasteiger partial charge in [-0.25, -0.2) is 4.79 Å². The van der Waals surface area contributed by atoms with Crippen molar-refractivity contribution in [2.45, 2.75) is 33.2 Å². The molecule has 2 N–H and O–H groups in total. The van der Waals surface area contributed by atoms with Crippen molar-refractivity contribution in [3.05, 3.63) is 65.7 Å². The first kappa shape index (κ1) is 21.2. The Kier molecular flexibility index (Phi) is 7.75. The Morgan fingerprint density at radius 2 is 1.54 bits per heavy atom. The molecule has 6 heteroatoms. The Morgan fingerprint density at radius 1 is 0.893 bits per heavy atom. The van der Waals surface area contributed by atoms with Gasteiger partial charge < -0.3 is 15.4 Å². The fourth-order valence-corrected chi connectivity index (χ4v) is 2.42. The van der Waals surface area contributed by atoms with E-state index in [1.54, 1.807) is 24.3 Å². The smallest absolute Gasteiger partial charge is 0.340 e. The zero-order valence-electron chi connectivity index (χ0n) is 16.4. The number of amides is 2. The van der Waals surface area contributed by atoms with E-state index in [4.69, 9.17) is 4.74 Å². The molecule has 1 unspecified atom stereocenters. The number of ether oxygens (including phenoxy) is 1. The number of rotatable bonds is 8. The minimum atomic E-state index is -0.664. The number of esters is 1. The van der Waals surface area contributed by atoms with Crippen LogP contribution in [0.25, 0.3) is 0 Å². The normalized spacial score (nSPS) is 11.6. The number of hydrogen-bond acceptors (Lipinski definition) is 4. The molecule has 6 nitrogen and oxygen atoms in total. The van der Waals surface area contributed by atoms with E-state index in [9.17, 15) is 14.4 Å². The van der Waals surface area contributed by atoms with Gasteiger partial charge in [0.25, 0.3) is 5.91 Å². The Bertz CT molecular complexity index is 818. The minimum absolute atomic E-state index is 0.0178. The second kappa shape index (κ2) is 10.3. The van der Waals surface area contributed by atoms with Crippen LogP contribution in [0, 0.1) is 5.92 Å². The van der Waals surface area contributed by atoms with Crippen LogP contribution >= 0.6 is 0 Å². The summed E-state index contributed by atoms with van der Waals surface area (Å²) in [5, 5.41) is 5.51. The van der Waals surface area contributed by atoms with Gasteiger partial charge in [-0.05, 0) is 30.5 Å². The molecule has 2 rings (SSSR count). The van der Waals surface area contributed by atoms with E-state index in [1.807, 2.05) is 51.1 Å². The van der Waals surface area contributed by atoms with Crippen LogP contribution in [-0.2, 0) is 20.7 Å². The van der Waals surface area contributed by atoms with Gasteiger partial charge in [-0.15, -0.1) is 0 Å². The van der Waals surface area contributed by atoms with Crippen molar-refractivity contribution in [1.82, 2.24) is 5.32 Å². The topological polar surface area (TPSA) is 84.5 Å². The first-order chi connectivity index (χ1) is 13.4. The molecule has 0 saturated carbocycles. The number of carbonyl (C=O) groups is 3. The van der Waals surface area contributed by atoms with E-state index in [-0.39, 0.29) is 42.4 Å². The predicted octanol–water partition coefficient (Wildman–Crippen LogP) is 3.19. The number of para-hydroxylation sites is 1. The minimum Gasteiger partial charge on any atom is -0.452 e. The fraction of sp³-hybridized carbons (Fsp3) is 0.318. The standard InChI is InChI=1S/C22H26N2O4/c1-15(2)16(3)23-21(26)14-28-22(27)18-11-7-8-12-19(18)24-20(25)13-17-9-5-4-6-10-17/h4-12,15-16H,13-14H2,1-3H3,(H,23,26)(H,24,25). The highest BCUT2D eigenvalue weighted by atomic mass is 16.5. The fourth-order valence-electron chi connectivity index (χ4n) is 2.42. The molecule has 148 valence electrons. The van der Waals surface area contributed by atoms with Gasteiger partial charge in [-0.3, -0.25) is 9.59 Å². The van der Waals surface area contributed by atoms with Crippen molar-refractivity contribution >= 4 is 23.5 Å². The van der Waals surface area contributed by atoms with Gasteiger partial charge in [0.15, 0.2) is 6.61 Å². The maximum absolute atomic E-state index is 12.4. The highest BCUT2D eigenvalue weighted by molar-refractivity contribution is 6.02. The second-order valence-electron chi connectivity index (χ2n) is 6.93. The summed E-state index contributed by atoms with van der Waals surface area (Å²) in [4.78, 5) is 36.6. The molecule has 2 aromatic rings. The number of hydrogen-bond donors (Lipinski definition) is 2. The van der Waals surface area contributed by atoms with Crippen LogP contribution in [0.3, 0.4) is 0 Å². The van der Waals surface area contributed by atoms with Crippen molar-refractivity contribution in [1.29, 1.82) is 0 Å². The lowest BCUT2D eigenvalue weighted by Crippen LogP contribution is -2.38. The summed E-state index contributed by atoms with van der Waals surface area (Å²) in [6.45, 7) is 5.50. The molecule has 1 atom stereocenters. The van der Waals surface area contributed by atoms with Crippen LogP contribution in [-0.4, -0.2) is 30.4 Å². The van der Waals surface area contributed by atoms with Gasteiger partial charge >= 0.3 is 5.97 Å². The molecule has 0 bridgehead atoms. The maximum Gasteiger partial charge on any atom is 0.340 e. The van der Waals surface area contributed by atoms with Crippen molar-refractivity contribution < 1.29 is 19.1 Å². The van der Waals surface area contributed by atoms with Gasteiger partial charge in [0.05, 0.1) is 17.7 Å². The molecule has 0 fully saturated rings. The largest absolute Gasteiger partial charge is 0.452 e. The molecule has 28 heavy (non-hydrogen) atoms. The van der Waals surface area contributed by atoms with Gasteiger partial charge in [0.2, 0.25) is 5.91 Å². The lowest BCUT2D eigenvalue weighted by molar-refractivity contribution is -0.125. The van der Waals surface area contributed by atoms with Crippen molar-refractivity contribution in [2.75, 3.05) is 11.9 Å². The third kappa shape index (κ3) is 6.54. The molecule has 2 aromatic carbocycles. The molecule has 0 aliphatic rings. The molecule has 0 radical (unpaired) electrons. The first-order valence-corrected chi connectivity index (χ1v) is 9.26. The third-order valence-electron chi connectivity index (χ3n) is 4.35. The molecular formula is C22H26N2O4. The number of anilines is 1. The quantitative estimate of drug-likeness (QED) is 0.687. The average molecular weight is 382 g/mol. The highest BCUT2D eigenvalue weighted by Crippen LogP contribution is 2.17. The van der Waals surface area contributed by atoms with Crippen LogP contribution < -0.4 is 10.6 Å². The molecule has 0 saturated heterocycles. The molecule has 0 aliphatic heterocycles. The Balaban J connectivity index is 1.95. The summed E-state index contributed by atoms with van der Waals surface area (Å²) >= 11 is 0. The van der Waals surface area contributed by atoms with E-state index >= 15 is 0 Å². The monoisotopic (exact) mass is 382 g/mol. The van der Waals surface area contributed by atoms with Gasteiger partial charge in [0.1, 0.15) is 0 Å². The molecule has 0 aliphatic carbocycles. The van der Waals surface area contributed by atoms with E-state index in [0.717, 1.165) is 5.56 Å². The second-order valence-corrected chi connectivity index (χ2v) is 6.93. The lowest BCUT2D eigenvalue weighted by Gasteiger charge is -2.17. The van der Waals surface area contributed by atoms with Crippen LogP contribution in [0.2, 0.25) is 0 Å². The zero-order valence-corrected chi connectivity index (χ0v) is 16.4. The van der Waals surface area contributed by atoms with E-state index < -0.39 is 5.97 Å². The Hall–Kier alpha value is -3.15. The predicted molar refractivity (Wildman–Crippen MR) is 108 cm³/mol. The van der Waals surface area contributed by atoms with Crippen LogP contribution in [0.5, 0.6) is 0 Å². The number of benzene rings is 2. The van der Waals surface area contributed by atoms with Crippen molar-refractivity contribution in [3.63, 3.8) is 0 Å². The van der Waals surface area contributed by atoms with Crippen LogP contribution in [0.15, 0.2) is 54.6 Å². The summed E-state index contributed by atoms with van der Waals surface area (Å²) in [6.07, 6.45) is 0.194. The molecule has 0 aromatic heterocycles. The van der Waals surface area contributed by atoms with E-state index in [2.05, 4.69) is 10.6 Å². The van der Waals surface area contributed by atoms with Gasteiger partial charge in [-0.1, -0.05) is 56.3 Å². The summed E-state index contributed by atoms with van der Waals surface area (Å²) in [7, 11) is 0. The van der Waals surface area contributed by atoms with Crippen LogP contribution in [0.1, 0.15) is 36.7 Å².